The fourth-order valence-electron chi connectivity index (χ4n) is 5.05. The van der Waals surface area contributed by atoms with Crippen molar-refractivity contribution in [2.75, 3.05) is 0 Å². The number of sulfone groups is 1. The number of nitrogens with two attached hydrogens (primary N) is 1. The molecule has 0 saturated heterocycles. The zero-order valence-electron chi connectivity index (χ0n) is 18.2. The number of Topliss-reactive ketones (excluding diaryl/α,β-unsaturated/α-hetero) is 1. The van der Waals surface area contributed by atoms with E-state index in [4.69, 9.17) is 5.73 Å². The summed E-state index contributed by atoms with van der Waals surface area (Å²) in [7, 11) is -3.97. The standard InChI is InChI=1S/C23H32F3NO3S/c1-21(2,31(29,30)20-8-6-7-17(14-20)23(24,25)26)18-11-16(12-18)13-19(28)15-22(27)9-4-3-5-10-22/h6-8,14,16,18H,3-5,9-13,15,27H2,1-2H3. The van der Waals surface area contributed by atoms with E-state index < -0.39 is 31.9 Å². The number of alkyl halides is 3. The molecule has 0 aromatic heterocycles. The second kappa shape index (κ2) is 8.50. The number of hydrogen-bond acceptors (Lipinski definition) is 4. The molecule has 0 heterocycles. The highest BCUT2D eigenvalue weighted by molar-refractivity contribution is 7.92. The highest BCUT2D eigenvalue weighted by Crippen LogP contribution is 2.48. The highest BCUT2D eigenvalue weighted by Gasteiger charge is 2.49. The van der Waals surface area contributed by atoms with Crippen molar-refractivity contribution in [1.29, 1.82) is 0 Å². The molecule has 2 aliphatic carbocycles. The van der Waals surface area contributed by atoms with Crippen molar-refractivity contribution in [3.63, 3.8) is 0 Å². The predicted molar refractivity (Wildman–Crippen MR) is 113 cm³/mol. The van der Waals surface area contributed by atoms with Crippen LogP contribution in [-0.2, 0) is 20.8 Å². The summed E-state index contributed by atoms with van der Waals surface area (Å²) < 4.78 is 64.1. The first-order chi connectivity index (χ1) is 14.2. The number of benzene rings is 1. The van der Waals surface area contributed by atoms with Crippen LogP contribution in [0.5, 0.6) is 0 Å². The summed E-state index contributed by atoms with van der Waals surface area (Å²) in [6.07, 6.45) is 2.33. The summed E-state index contributed by atoms with van der Waals surface area (Å²) in [5.41, 5.74) is 5.01. The van der Waals surface area contributed by atoms with Gasteiger partial charge in [-0.2, -0.15) is 13.2 Å². The molecule has 2 N–H and O–H groups in total. The zero-order valence-corrected chi connectivity index (χ0v) is 19.0. The Morgan fingerprint density at radius 2 is 1.74 bits per heavy atom. The molecule has 1 aromatic rings. The van der Waals surface area contributed by atoms with Crippen molar-refractivity contribution in [3.05, 3.63) is 29.8 Å². The van der Waals surface area contributed by atoms with E-state index in [0.29, 0.717) is 31.7 Å². The third kappa shape index (κ3) is 5.16. The summed E-state index contributed by atoms with van der Waals surface area (Å²) >= 11 is 0. The molecule has 0 radical (unpaired) electrons. The molecule has 174 valence electrons. The molecule has 2 fully saturated rings. The van der Waals surface area contributed by atoms with Crippen LogP contribution < -0.4 is 5.73 Å². The van der Waals surface area contributed by atoms with Crippen LogP contribution in [0, 0.1) is 11.8 Å². The van der Waals surface area contributed by atoms with Crippen molar-refractivity contribution >= 4 is 15.6 Å². The zero-order chi connectivity index (χ0) is 23.1. The Labute approximate surface area is 182 Å². The van der Waals surface area contributed by atoms with Crippen LogP contribution in [0.15, 0.2) is 29.2 Å². The first-order valence-corrected chi connectivity index (χ1v) is 12.5. The van der Waals surface area contributed by atoms with Gasteiger partial charge in [0.15, 0.2) is 9.84 Å². The van der Waals surface area contributed by atoms with Gasteiger partial charge in [-0.1, -0.05) is 25.3 Å². The van der Waals surface area contributed by atoms with E-state index in [1.807, 2.05) is 0 Å². The summed E-state index contributed by atoms with van der Waals surface area (Å²) in [5, 5.41) is 0. The van der Waals surface area contributed by atoms with Crippen molar-refractivity contribution in [2.24, 2.45) is 17.6 Å². The fourth-order valence-corrected chi connectivity index (χ4v) is 6.83. The maximum Gasteiger partial charge on any atom is 0.416 e. The van der Waals surface area contributed by atoms with E-state index in [1.165, 1.54) is 6.07 Å². The van der Waals surface area contributed by atoms with Gasteiger partial charge >= 0.3 is 6.18 Å². The smallest absolute Gasteiger partial charge is 0.325 e. The number of hydrogen-bond donors (Lipinski definition) is 1. The van der Waals surface area contributed by atoms with Gasteiger partial charge in [0.1, 0.15) is 5.78 Å². The largest absolute Gasteiger partial charge is 0.416 e. The molecule has 8 heteroatoms. The molecule has 3 rings (SSSR count). The molecule has 0 amide bonds. The minimum atomic E-state index is -4.60. The lowest BCUT2D eigenvalue weighted by molar-refractivity contribution is -0.137. The van der Waals surface area contributed by atoms with Crippen molar-refractivity contribution < 1.29 is 26.4 Å². The number of carbonyl (C=O) groups is 1. The molecular weight excluding hydrogens is 427 g/mol. The average molecular weight is 460 g/mol. The number of rotatable bonds is 7. The van der Waals surface area contributed by atoms with E-state index in [1.54, 1.807) is 13.8 Å². The Hall–Kier alpha value is -1.41. The van der Waals surface area contributed by atoms with Crippen LogP contribution in [0.25, 0.3) is 0 Å². The van der Waals surface area contributed by atoms with Gasteiger partial charge in [-0.25, -0.2) is 8.42 Å². The first-order valence-electron chi connectivity index (χ1n) is 11.0. The van der Waals surface area contributed by atoms with E-state index in [9.17, 15) is 26.4 Å². The van der Waals surface area contributed by atoms with Crippen LogP contribution in [0.3, 0.4) is 0 Å². The number of halogens is 3. The Kier molecular flexibility index (Phi) is 6.65. The van der Waals surface area contributed by atoms with Crippen LogP contribution in [0.1, 0.15) is 77.2 Å². The quantitative estimate of drug-likeness (QED) is 0.601. The van der Waals surface area contributed by atoms with E-state index in [2.05, 4.69) is 0 Å². The Bertz CT molecular complexity index is 912. The molecule has 31 heavy (non-hydrogen) atoms. The molecule has 0 atom stereocenters. The Morgan fingerprint density at radius 3 is 2.32 bits per heavy atom. The van der Waals surface area contributed by atoms with Crippen LogP contribution in [0.4, 0.5) is 13.2 Å². The summed E-state index contributed by atoms with van der Waals surface area (Å²) in [5.74, 6) is 0.0402. The second-order valence-electron chi connectivity index (χ2n) is 10.0. The van der Waals surface area contributed by atoms with E-state index >= 15 is 0 Å². The third-order valence-electron chi connectivity index (χ3n) is 7.30. The molecule has 0 aliphatic heterocycles. The molecule has 1 aromatic carbocycles. The number of ketones is 1. The minimum Gasteiger partial charge on any atom is -0.325 e. The highest BCUT2D eigenvalue weighted by atomic mass is 32.2. The van der Waals surface area contributed by atoms with Gasteiger partial charge in [0.2, 0.25) is 0 Å². The normalized spacial score (nSPS) is 24.5. The molecule has 0 bridgehead atoms. The Balaban J connectivity index is 1.62. The lowest BCUT2D eigenvalue weighted by Crippen LogP contribution is -2.47. The SMILES string of the molecule is CC(C)(C1CC(CC(=O)CC2(N)CCCCC2)C1)S(=O)(=O)c1cccc(C(F)(F)F)c1. The monoisotopic (exact) mass is 459 g/mol. The van der Waals surface area contributed by atoms with Gasteiger partial charge in [0.05, 0.1) is 15.2 Å². The topological polar surface area (TPSA) is 77.2 Å². The third-order valence-corrected chi connectivity index (χ3v) is 9.89. The van der Waals surface area contributed by atoms with Gasteiger partial charge in [-0.3, -0.25) is 4.79 Å². The molecule has 0 spiro atoms. The molecule has 0 unspecified atom stereocenters. The van der Waals surface area contributed by atoms with Gasteiger partial charge in [0.25, 0.3) is 0 Å². The molecule has 2 saturated carbocycles. The van der Waals surface area contributed by atoms with Gasteiger partial charge in [-0.05, 0) is 69.6 Å². The van der Waals surface area contributed by atoms with Crippen molar-refractivity contribution in [2.45, 2.75) is 93.0 Å². The minimum absolute atomic E-state index is 0.112. The van der Waals surface area contributed by atoms with Gasteiger partial charge in [-0.15, -0.1) is 0 Å². The summed E-state index contributed by atoms with van der Waals surface area (Å²) in [6, 6.07) is 3.92. The molecular formula is C23H32F3NO3S. The van der Waals surface area contributed by atoms with Crippen molar-refractivity contribution in [3.8, 4) is 0 Å². The molecule has 4 nitrogen and oxygen atoms in total. The summed E-state index contributed by atoms with van der Waals surface area (Å²) in [4.78, 5) is 12.2. The average Bonchev–Trinajstić information content (AvgIpc) is 2.63. The molecule has 2 aliphatic rings. The van der Waals surface area contributed by atoms with Crippen LogP contribution in [-0.4, -0.2) is 24.5 Å². The maximum absolute atomic E-state index is 13.2. The maximum atomic E-state index is 13.2. The first kappa shape index (κ1) is 24.2. The van der Waals surface area contributed by atoms with Crippen molar-refractivity contribution in [1.82, 2.24) is 0 Å². The fraction of sp³-hybridized carbons (Fsp3) is 0.696. The van der Waals surface area contributed by atoms with Gasteiger partial charge in [0, 0.05) is 18.4 Å². The summed E-state index contributed by atoms with van der Waals surface area (Å²) in [6.45, 7) is 3.14. The van der Waals surface area contributed by atoms with E-state index in [-0.39, 0.29) is 22.5 Å². The predicted octanol–water partition coefficient (Wildman–Crippen LogP) is 5.29. The van der Waals surface area contributed by atoms with E-state index in [0.717, 1.165) is 44.2 Å². The van der Waals surface area contributed by atoms with Crippen LogP contribution in [0.2, 0.25) is 0 Å². The second-order valence-corrected chi connectivity index (χ2v) is 12.5. The Morgan fingerprint density at radius 1 is 1.13 bits per heavy atom. The lowest BCUT2D eigenvalue weighted by atomic mass is 9.66. The van der Waals surface area contributed by atoms with Crippen LogP contribution >= 0.6 is 0 Å². The van der Waals surface area contributed by atoms with Gasteiger partial charge < -0.3 is 5.73 Å². The lowest BCUT2D eigenvalue weighted by Gasteiger charge is -2.45. The number of carbonyl (C=O) groups excluding carboxylic acids is 1.